The van der Waals surface area contributed by atoms with E-state index >= 15 is 0 Å². The number of hydrogen-bond donors (Lipinski definition) is 0. The summed E-state index contributed by atoms with van der Waals surface area (Å²) in [6.45, 7) is 1.63. The van der Waals surface area contributed by atoms with Crippen molar-refractivity contribution < 1.29 is 14.1 Å². The number of Topliss-reactive ketones (excluding diaryl/α,β-unsaturated/α-hetero) is 1. The standard InChI is InChI=1S/C24H29N7O3/c1-30-12-5-6-16(30)15-33-20-14-19(31-13-11-25-29-31)26-23(27-20)21-17-7-4-10-24(22(17)28-34-21)9-3-2-8-18(24)32/h11,13-14,16H,2-10,12,15H2,1H3/t16-,24+/m0/s1. The molecule has 2 fully saturated rings. The summed E-state index contributed by atoms with van der Waals surface area (Å²) in [6, 6.07) is 2.13. The first-order valence-electron chi connectivity index (χ1n) is 12.3. The van der Waals surface area contributed by atoms with E-state index in [2.05, 4.69) is 27.4 Å². The van der Waals surface area contributed by atoms with Crippen molar-refractivity contribution in [3.8, 4) is 23.3 Å². The summed E-state index contributed by atoms with van der Waals surface area (Å²) in [6.07, 6.45) is 11.6. The second-order valence-electron chi connectivity index (χ2n) is 9.73. The van der Waals surface area contributed by atoms with E-state index < -0.39 is 5.41 Å². The number of rotatable bonds is 5. The van der Waals surface area contributed by atoms with Crippen LogP contribution in [0.15, 0.2) is 23.0 Å². The first-order chi connectivity index (χ1) is 16.6. The highest BCUT2D eigenvalue weighted by atomic mass is 16.5. The summed E-state index contributed by atoms with van der Waals surface area (Å²) in [5.74, 6) is 2.22. The van der Waals surface area contributed by atoms with Crippen LogP contribution in [-0.4, -0.2) is 67.0 Å². The van der Waals surface area contributed by atoms with E-state index in [1.54, 1.807) is 23.1 Å². The molecule has 3 aromatic rings. The van der Waals surface area contributed by atoms with E-state index in [9.17, 15) is 4.79 Å². The number of likely N-dealkylation sites (N-methyl/N-ethyl adjacent to an activating group) is 1. The zero-order chi connectivity index (χ0) is 23.1. The first-order valence-corrected chi connectivity index (χ1v) is 12.3. The van der Waals surface area contributed by atoms with Crippen LogP contribution in [0.1, 0.15) is 62.6 Å². The Kier molecular flexibility index (Phi) is 5.40. The van der Waals surface area contributed by atoms with Crippen LogP contribution in [0.5, 0.6) is 5.88 Å². The highest BCUT2D eigenvalue weighted by molar-refractivity contribution is 5.91. The highest BCUT2D eigenvalue weighted by Gasteiger charge is 2.47. The molecule has 34 heavy (non-hydrogen) atoms. The van der Waals surface area contributed by atoms with Crippen LogP contribution in [0.4, 0.5) is 0 Å². The summed E-state index contributed by atoms with van der Waals surface area (Å²) < 4.78 is 13.6. The van der Waals surface area contributed by atoms with Gasteiger partial charge >= 0.3 is 0 Å². The molecule has 0 bridgehead atoms. The maximum Gasteiger partial charge on any atom is 0.219 e. The van der Waals surface area contributed by atoms with Gasteiger partial charge in [-0.3, -0.25) is 4.79 Å². The van der Waals surface area contributed by atoms with E-state index in [1.807, 2.05) is 0 Å². The van der Waals surface area contributed by atoms with Crippen LogP contribution < -0.4 is 4.74 Å². The third kappa shape index (κ3) is 3.60. The Hall–Kier alpha value is -3.14. The molecule has 1 saturated carbocycles. The minimum absolute atomic E-state index is 0.293. The fraction of sp³-hybridized carbons (Fsp3) is 0.583. The predicted molar refractivity (Wildman–Crippen MR) is 122 cm³/mol. The van der Waals surface area contributed by atoms with Gasteiger partial charge in [-0.15, -0.1) is 5.10 Å². The molecule has 4 heterocycles. The SMILES string of the molecule is CN1CCC[C@H]1COc1cc(-n2ccnn2)nc(-c2onc3c2CCC[C@@]32CCCCC2=O)n1. The quantitative estimate of drug-likeness (QED) is 0.564. The second-order valence-corrected chi connectivity index (χ2v) is 9.73. The zero-order valence-corrected chi connectivity index (χ0v) is 19.4. The smallest absolute Gasteiger partial charge is 0.219 e. The van der Waals surface area contributed by atoms with Crippen LogP contribution in [0.3, 0.4) is 0 Å². The summed E-state index contributed by atoms with van der Waals surface area (Å²) >= 11 is 0. The second kappa shape index (κ2) is 8.57. The topological polar surface area (TPSA) is 112 Å². The summed E-state index contributed by atoms with van der Waals surface area (Å²) in [7, 11) is 2.12. The lowest BCUT2D eigenvalue weighted by atomic mass is 9.64. The molecule has 1 spiro atoms. The van der Waals surface area contributed by atoms with Gasteiger partial charge in [0.1, 0.15) is 18.1 Å². The van der Waals surface area contributed by atoms with E-state index in [-0.39, 0.29) is 0 Å². The van der Waals surface area contributed by atoms with Gasteiger partial charge in [0.25, 0.3) is 0 Å². The lowest BCUT2D eigenvalue weighted by molar-refractivity contribution is -0.127. The van der Waals surface area contributed by atoms with Gasteiger partial charge in [0.2, 0.25) is 17.5 Å². The number of fused-ring (bicyclic) bond motifs is 2. The molecule has 2 aliphatic carbocycles. The van der Waals surface area contributed by atoms with Crippen LogP contribution in [0.25, 0.3) is 17.4 Å². The third-order valence-electron chi connectivity index (χ3n) is 7.71. The van der Waals surface area contributed by atoms with Crippen molar-refractivity contribution in [3.05, 3.63) is 29.7 Å². The summed E-state index contributed by atoms with van der Waals surface area (Å²) in [4.78, 5) is 24.8. The molecule has 1 aliphatic heterocycles. The Morgan fingerprint density at radius 1 is 1.18 bits per heavy atom. The molecule has 178 valence electrons. The van der Waals surface area contributed by atoms with Crippen molar-refractivity contribution in [2.24, 2.45) is 0 Å². The molecule has 2 atom stereocenters. The molecular formula is C24H29N7O3. The van der Waals surface area contributed by atoms with Gasteiger partial charge in [-0.2, -0.15) is 4.98 Å². The van der Waals surface area contributed by atoms with Gasteiger partial charge in [0.15, 0.2) is 5.82 Å². The first kappa shape index (κ1) is 21.4. The minimum Gasteiger partial charge on any atom is -0.476 e. The Balaban J connectivity index is 1.38. The molecule has 0 unspecified atom stereocenters. The van der Waals surface area contributed by atoms with Crippen molar-refractivity contribution in [1.82, 2.24) is 35.0 Å². The summed E-state index contributed by atoms with van der Waals surface area (Å²) in [5, 5.41) is 12.4. The third-order valence-corrected chi connectivity index (χ3v) is 7.71. The number of ketones is 1. The molecule has 10 heteroatoms. The van der Waals surface area contributed by atoms with Gasteiger partial charge in [-0.1, -0.05) is 16.8 Å². The number of likely N-dealkylation sites (tertiary alicyclic amines) is 1. The number of carbonyl (C=O) groups excluding carboxylic acids is 1. The molecule has 0 amide bonds. The zero-order valence-electron chi connectivity index (χ0n) is 19.4. The Labute approximate surface area is 197 Å². The van der Waals surface area contributed by atoms with Crippen LogP contribution in [0.2, 0.25) is 0 Å². The van der Waals surface area contributed by atoms with E-state index in [1.165, 1.54) is 6.42 Å². The van der Waals surface area contributed by atoms with E-state index in [0.29, 0.717) is 48.1 Å². The van der Waals surface area contributed by atoms with E-state index in [0.717, 1.165) is 62.7 Å². The fourth-order valence-corrected chi connectivity index (χ4v) is 5.79. The molecule has 3 aromatic heterocycles. The van der Waals surface area contributed by atoms with Crippen LogP contribution in [-0.2, 0) is 16.6 Å². The number of ether oxygens (including phenoxy) is 1. The Morgan fingerprint density at radius 2 is 2.09 bits per heavy atom. The molecule has 3 aliphatic rings. The predicted octanol–water partition coefficient (Wildman–Crippen LogP) is 2.90. The maximum atomic E-state index is 13.0. The van der Waals surface area contributed by atoms with Crippen molar-refractivity contribution in [2.75, 3.05) is 20.2 Å². The molecule has 0 radical (unpaired) electrons. The molecular weight excluding hydrogens is 434 g/mol. The van der Waals surface area contributed by atoms with Gasteiger partial charge < -0.3 is 14.2 Å². The van der Waals surface area contributed by atoms with Crippen molar-refractivity contribution in [2.45, 2.75) is 69.2 Å². The lowest BCUT2D eigenvalue weighted by Gasteiger charge is -2.37. The molecule has 6 rings (SSSR count). The number of carbonyl (C=O) groups is 1. The summed E-state index contributed by atoms with van der Waals surface area (Å²) in [5.41, 5.74) is 1.24. The van der Waals surface area contributed by atoms with Crippen molar-refractivity contribution in [3.63, 3.8) is 0 Å². The van der Waals surface area contributed by atoms with Gasteiger partial charge in [0.05, 0.1) is 17.8 Å². The molecule has 0 N–H and O–H groups in total. The average Bonchev–Trinajstić information content (AvgIpc) is 3.61. The number of aromatic nitrogens is 6. The van der Waals surface area contributed by atoms with Crippen molar-refractivity contribution in [1.29, 1.82) is 0 Å². The average molecular weight is 464 g/mol. The van der Waals surface area contributed by atoms with Crippen LogP contribution >= 0.6 is 0 Å². The van der Waals surface area contributed by atoms with Gasteiger partial charge in [0, 0.05) is 24.1 Å². The molecule has 10 nitrogen and oxygen atoms in total. The Bertz CT molecular complexity index is 1190. The fourth-order valence-electron chi connectivity index (χ4n) is 5.79. The van der Waals surface area contributed by atoms with Gasteiger partial charge in [-0.25, -0.2) is 9.67 Å². The Morgan fingerprint density at radius 3 is 2.88 bits per heavy atom. The van der Waals surface area contributed by atoms with Crippen molar-refractivity contribution >= 4 is 5.78 Å². The van der Waals surface area contributed by atoms with Crippen LogP contribution in [0, 0.1) is 0 Å². The largest absolute Gasteiger partial charge is 0.476 e. The normalized spacial score (nSPS) is 25.1. The highest BCUT2D eigenvalue weighted by Crippen LogP contribution is 2.47. The lowest BCUT2D eigenvalue weighted by Crippen LogP contribution is -2.41. The van der Waals surface area contributed by atoms with Gasteiger partial charge in [-0.05, 0) is 58.5 Å². The number of hydrogen-bond acceptors (Lipinski definition) is 9. The van der Waals surface area contributed by atoms with E-state index in [4.69, 9.17) is 19.2 Å². The molecule has 1 saturated heterocycles. The monoisotopic (exact) mass is 463 g/mol. The number of nitrogens with zero attached hydrogens (tertiary/aromatic N) is 7. The molecule has 0 aromatic carbocycles. The minimum atomic E-state index is -0.510. The maximum absolute atomic E-state index is 13.0.